The van der Waals surface area contributed by atoms with Crippen molar-refractivity contribution < 1.29 is 28.4 Å². The number of carbonyl (C=O) groups excluding carboxylic acids is 1. The molecule has 0 aromatic carbocycles. The Kier molecular flexibility index (Phi) is 29.3. The third kappa shape index (κ3) is 27.8. The van der Waals surface area contributed by atoms with Crippen molar-refractivity contribution in [1.82, 2.24) is 5.32 Å². The Morgan fingerprint density at radius 2 is 1.29 bits per heavy atom. The number of aliphatic hydroxyl groups excluding tert-OH is 1. The molecule has 0 radical (unpaired) electrons. The molecule has 3 unspecified atom stereocenters. The predicted molar refractivity (Wildman–Crippen MR) is 175 cm³/mol. The smallest absolute Gasteiger partial charge is 0.387 e. The number of hydrogen-bond acceptors (Lipinski definition) is 6. The molecule has 0 rings (SSSR count). The van der Waals surface area contributed by atoms with Crippen LogP contribution in [0.15, 0.2) is 24.3 Å². The van der Waals surface area contributed by atoms with Gasteiger partial charge in [-0.15, -0.1) is 0 Å². The molecular formula is C33H65N2O6P. The number of phosphoric ester groups is 1. The molecule has 0 aliphatic carbocycles. The van der Waals surface area contributed by atoms with Crippen molar-refractivity contribution in [2.75, 3.05) is 19.8 Å². The fraction of sp³-hybridized carbons (Fsp3) is 0.848. The lowest BCUT2D eigenvalue weighted by molar-refractivity contribution is -0.123. The van der Waals surface area contributed by atoms with E-state index in [0.717, 1.165) is 64.2 Å². The Labute approximate surface area is 257 Å². The van der Waals surface area contributed by atoms with Crippen molar-refractivity contribution in [3.8, 4) is 0 Å². The number of hydrogen-bond donors (Lipinski definition) is 4. The average Bonchev–Trinajstić information content (AvgIpc) is 2.97. The largest absolute Gasteiger partial charge is 0.472 e. The van der Waals surface area contributed by atoms with E-state index in [2.05, 4.69) is 31.3 Å². The van der Waals surface area contributed by atoms with Crippen LogP contribution in [0.5, 0.6) is 0 Å². The summed E-state index contributed by atoms with van der Waals surface area (Å²) in [6.07, 6.45) is 30.8. The number of carbonyl (C=O) groups is 1. The van der Waals surface area contributed by atoms with Crippen molar-refractivity contribution in [2.24, 2.45) is 5.73 Å². The molecule has 248 valence electrons. The zero-order valence-electron chi connectivity index (χ0n) is 27.0. The molecule has 8 nitrogen and oxygen atoms in total. The van der Waals surface area contributed by atoms with Crippen LogP contribution in [0.2, 0.25) is 0 Å². The zero-order valence-corrected chi connectivity index (χ0v) is 27.9. The monoisotopic (exact) mass is 616 g/mol. The van der Waals surface area contributed by atoms with Gasteiger partial charge in [-0.1, -0.05) is 128 Å². The van der Waals surface area contributed by atoms with E-state index in [9.17, 15) is 19.4 Å². The van der Waals surface area contributed by atoms with Crippen LogP contribution in [0.1, 0.15) is 149 Å². The standard InChI is InChI=1S/C33H65N2O6P/c1-3-5-7-9-11-13-15-16-17-18-20-22-24-26-32(36)31(30-41-42(38,39)40-29-28-34)35-33(37)27-25-23-21-19-14-12-10-8-6-4-2/h8,10,24,26,31-32,36H,3-7,9,11-23,25,27-30,34H2,1-2H3,(H,35,37)(H,38,39)/b10-8-,26-24+. The molecule has 0 spiro atoms. The molecule has 1 amide bonds. The fourth-order valence-electron chi connectivity index (χ4n) is 4.66. The highest BCUT2D eigenvalue weighted by Gasteiger charge is 2.26. The molecular weight excluding hydrogens is 551 g/mol. The molecule has 0 saturated heterocycles. The summed E-state index contributed by atoms with van der Waals surface area (Å²) in [5, 5.41) is 13.5. The van der Waals surface area contributed by atoms with Crippen LogP contribution in [0.3, 0.4) is 0 Å². The van der Waals surface area contributed by atoms with Crippen LogP contribution in [-0.2, 0) is 18.4 Å². The van der Waals surface area contributed by atoms with Gasteiger partial charge in [0.15, 0.2) is 0 Å². The lowest BCUT2D eigenvalue weighted by Crippen LogP contribution is -2.45. The molecule has 0 aliphatic rings. The summed E-state index contributed by atoms with van der Waals surface area (Å²) in [5.74, 6) is -0.209. The number of nitrogens with one attached hydrogen (secondary N) is 1. The summed E-state index contributed by atoms with van der Waals surface area (Å²) in [7, 11) is -4.32. The summed E-state index contributed by atoms with van der Waals surface area (Å²) in [4.78, 5) is 22.4. The number of nitrogens with two attached hydrogens (primary N) is 1. The van der Waals surface area contributed by atoms with E-state index in [1.807, 2.05) is 6.08 Å². The topological polar surface area (TPSA) is 131 Å². The number of unbranched alkanes of at least 4 members (excludes halogenated alkanes) is 17. The van der Waals surface area contributed by atoms with Crippen LogP contribution in [-0.4, -0.2) is 47.8 Å². The van der Waals surface area contributed by atoms with Gasteiger partial charge in [0.1, 0.15) is 0 Å². The van der Waals surface area contributed by atoms with Gasteiger partial charge in [0.2, 0.25) is 5.91 Å². The van der Waals surface area contributed by atoms with E-state index in [-0.39, 0.29) is 25.7 Å². The molecule has 0 heterocycles. The minimum Gasteiger partial charge on any atom is -0.387 e. The number of allylic oxidation sites excluding steroid dienone is 3. The molecule has 5 N–H and O–H groups in total. The third-order valence-electron chi connectivity index (χ3n) is 7.25. The zero-order chi connectivity index (χ0) is 31.2. The Morgan fingerprint density at radius 1 is 0.762 bits per heavy atom. The molecule has 0 aromatic rings. The summed E-state index contributed by atoms with van der Waals surface area (Å²) >= 11 is 0. The minimum atomic E-state index is -4.32. The van der Waals surface area contributed by atoms with Gasteiger partial charge >= 0.3 is 7.82 Å². The fourth-order valence-corrected chi connectivity index (χ4v) is 5.42. The minimum absolute atomic E-state index is 0.0774. The summed E-state index contributed by atoms with van der Waals surface area (Å²) in [6, 6.07) is -0.858. The second-order valence-corrected chi connectivity index (χ2v) is 12.8. The molecule has 3 atom stereocenters. The van der Waals surface area contributed by atoms with E-state index >= 15 is 0 Å². The summed E-state index contributed by atoms with van der Waals surface area (Å²) in [5.41, 5.74) is 5.33. The number of aliphatic hydroxyl groups is 1. The maximum absolute atomic E-state index is 12.6. The molecule has 0 bridgehead atoms. The highest BCUT2D eigenvalue weighted by molar-refractivity contribution is 7.47. The first kappa shape index (κ1) is 41.0. The summed E-state index contributed by atoms with van der Waals surface area (Å²) in [6.45, 7) is 4.03. The first-order valence-corrected chi connectivity index (χ1v) is 18.5. The Balaban J connectivity index is 4.41. The Bertz CT molecular complexity index is 719. The van der Waals surface area contributed by atoms with Crippen molar-refractivity contribution >= 4 is 13.7 Å². The first-order valence-electron chi connectivity index (χ1n) is 17.0. The molecule has 0 aromatic heterocycles. The van der Waals surface area contributed by atoms with E-state index < -0.39 is 20.0 Å². The molecule has 42 heavy (non-hydrogen) atoms. The maximum atomic E-state index is 12.6. The van der Waals surface area contributed by atoms with Crippen molar-refractivity contribution in [3.05, 3.63) is 24.3 Å². The summed E-state index contributed by atoms with van der Waals surface area (Å²) < 4.78 is 21.9. The number of rotatable bonds is 31. The second-order valence-electron chi connectivity index (χ2n) is 11.4. The molecule has 0 fully saturated rings. The van der Waals surface area contributed by atoms with Gasteiger partial charge in [0.25, 0.3) is 0 Å². The Hall–Kier alpha value is -1.02. The SMILES string of the molecule is CCC/C=C\CCCCCCCC(=O)NC(COP(=O)(O)OCCN)C(O)/C=C/CCCCCCCCCCCCC. The van der Waals surface area contributed by atoms with Crippen molar-refractivity contribution in [2.45, 2.75) is 161 Å². The molecule has 0 aliphatic heterocycles. The van der Waals surface area contributed by atoms with Crippen molar-refractivity contribution in [1.29, 1.82) is 0 Å². The normalized spacial score (nSPS) is 14.9. The molecule has 9 heteroatoms. The predicted octanol–water partition coefficient (Wildman–Crippen LogP) is 8.27. The van der Waals surface area contributed by atoms with E-state index in [1.54, 1.807) is 6.08 Å². The third-order valence-corrected chi connectivity index (χ3v) is 8.24. The van der Waals surface area contributed by atoms with Gasteiger partial charge in [-0.3, -0.25) is 13.8 Å². The lowest BCUT2D eigenvalue weighted by Gasteiger charge is -2.23. The number of phosphoric acid groups is 1. The highest BCUT2D eigenvalue weighted by Crippen LogP contribution is 2.43. The maximum Gasteiger partial charge on any atom is 0.472 e. The van der Waals surface area contributed by atoms with Gasteiger partial charge in [0.05, 0.1) is 25.4 Å². The highest BCUT2D eigenvalue weighted by atomic mass is 31.2. The van der Waals surface area contributed by atoms with E-state index in [4.69, 9.17) is 14.8 Å². The average molecular weight is 617 g/mol. The van der Waals surface area contributed by atoms with Gasteiger partial charge in [0, 0.05) is 13.0 Å². The van der Waals surface area contributed by atoms with Crippen molar-refractivity contribution in [3.63, 3.8) is 0 Å². The van der Waals surface area contributed by atoms with Crippen LogP contribution in [0, 0.1) is 0 Å². The van der Waals surface area contributed by atoms with Crippen LogP contribution >= 0.6 is 7.82 Å². The van der Waals surface area contributed by atoms with Gasteiger partial charge in [-0.05, 0) is 38.5 Å². The van der Waals surface area contributed by atoms with Gasteiger partial charge in [-0.25, -0.2) is 4.57 Å². The van der Waals surface area contributed by atoms with Crippen LogP contribution in [0.4, 0.5) is 0 Å². The quantitative estimate of drug-likeness (QED) is 0.0350. The number of amides is 1. The lowest BCUT2D eigenvalue weighted by atomic mass is 10.0. The van der Waals surface area contributed by atoms with Gasteiger partial charge in [-0.2, -0.15) is 0 Å². The van der Waals surface area contributed by atoms with E-state index in [0.29, 0.717) is 6.42 Å². The molecule has 0 saturated carbocycles. The van der Waals surface area contributed by atoms with Crippen LogP contribution in [0.25, 0.3) is 0 Å². The Morgan fingerprint density at radius 3 is 1.86 bits per heavy atom. The van der Waals surface area contributed by atoms with Gasteiger partial charge < -0.3 is 21.1 Å². The first-order chi connectivity index (χ1) is 20.4. The van der Waals surface area contributed by atoms with Crippen LogP contribution < -0.4 is 11.1 Å². The second kappa shape index (κ2) is 30.0. The van der Waals surface area contributed by atoms with E-state index in [1.165, 1.54) is 64.2 Å².